The molecule has 0 radical (unpaired) electrons. The van der Waals surface area contributed by atoms with Gasteiger partial charge >= 0.3 is 0 Å². The first kappa shape index (κ1) is 29.8. The van der Waals surface area contributed by atoms with E-state index in [2.05, 4.69) is 5.32 Å². The van der Waals surface area contributed by atoms with Gasteiger partial charge in [-0.1, -0.05) is 43.1 Å². The molecule has 0 aromatic heterocycles. The quantitative estimate of drug-likeness (QED) is 0.227. The molecule has 1 N–H and O–H groups in total. The number of rotatable bonds is 13. The SMILES string of the molecule is CCCCNC(=O)[C@@H](C)N(Cc1ccccc1Cl)C(=O)CN(c1cc([N+](=O)[O-])ccc1OC)S(C)(=O)=O. The number of ether oxygens (including phenoxy) is 1. The van der Waals surface area contributed by atoms with E-state index in [4.69, 9.17) is 16.3 Å². The fourth-order valence-electron chi connectivity index (χ4n) is 3.51. The minimum atomic E-state index is -4.11. The second-order valence-corrected chi connectivity index (χ2v) is 10.6. The number of unbranched alkanes of at least 4 members (excludes halogenated alkanes) is 1. The third-order valence-electron chi connectivity index (χ3n) is 5.62. The third-order valence-corrected chi connectivity index (χ3v) is 7.11. The zero-order valence-electron chi connectivity index (χ0n) is 21.1. The van der Waals surface area contributed by atoms with Gasteiger partial charge in [0.25, 0.3) is 5.69 Å². The number of sulfonamides is 1. The molecule has 0 unspecified atom stereocenters. The van der Waals surface area contributed by atoms with E-state index in [1.54, 1.807) is 24.3 Å². The summed E-state index contributed by atoms with van der Waals surface area (Å²) in [7, 11) is -2.83. The summed E-state index contributed by atoms with van der Waals surface area (Å²) in [6.07, 6.45) is 2.49. The van der Waals surface area contributed by atoms with Crippen molar-refractivity contribution in [1.29, 1.82) is 0 Å². The monoisotopic (exact) mass is 554 g/mol. The molecule has 0 saturated carbocycles. The second-order valence-electron chi connectivity index (χ2n) is 8.32. The third kappa shape index (κ3) is 8.05. The van der Waals surface area contributed by atoms with Crippen LogP contribution in [0.1, 0.15) is 32.3 Å². The van der Waals surface area contributed by atoms with Crippen LogP contribution in [-0.2, 0) is 26.2 Å². The number of anilines is 1. The second kappa shape index (κ2) is 13.2. The highest BCUT2D eigenvalue weighted by Gasteiger charge is 2.32. The van der Waals surface area contributed by atoms with Gasteiger partial charge in [0.05, 0.1) is 18.3 Å². The summed E-state index contributed by atoms with van der Waals surface area (Å²) in [4.78, 5) is 38.3. The number of hydrogen-bond acceptors (Lipinski definition) is 7. The van der Waals surface area contributed by atoms with Gasteiger partial charge in [-0.3, -0.25) is 24.0 Å². The molecule has 0 heterocycles. The van der Waals surface area contributed by atoms with E-state index in [-0.39, 0.29) is 23.7 Å². The molecule has 2 rings (SSSR count). The smallest absolute Gasteiger partial charge is 0.271 e. The highest BCUT2D eigenvalue weighted by Crippen LogP contribution is 2.34. The summed E-state index contributed by atoms with van der Waals surface area (Å²) in [6, 6.07) is 9.26. The number of nitro benzene ring substituents is 1. The molecular formula is C24H31ClN4O7S. The molecular weight excluding hydrogens is 524 g/mol. The maximum absolute atomic E-state index is 13.6. The Kier molecular flexibility index (Phi) is 10.7. The number of halogens is 1. The number of non-ortho nitro benzene ring substituents is 1. The Hall–Kier alpha value is -3.38. The summed E-state index contributed by atoms with van der Waals surface area (Å²) < 4.78 is 31.5. The van der Waals surface area contributed by atoms with Gasteiger partial charge in [-0.25, -0.2) is 8.42 Å². The predicted molar refractivity (Wildman–Crippen MR) is 141 cm³/mol. The van der Waals surface area contributed by atoms with Crippen LogP contribution in [-0.4, -0.2) is 62.6 Å². The molecule has 2 aromatic carbocycles. The number of carbonyl (C=O) groups excluding carboxylic acids is 2. The molecule has 37 heavy (non-hydrogen) atoms. The Bertz CT molecular complexity index is 1240. The number of methoxy groups -OCH3 is 1. The van der Waals surface area contributed by atoms with Gasteiger partial charge in [-0.2, -0.15) is 0 Å². The van der Waals surface area contributed by atoms with Crippen molar-refractivity contribution in [3.8, 4) is 5.75 Å². The van der Waals surface area contributed by atoms with Gasteiger partial charge in [-0.05, 0) is 31.0 Å². The van der Waals surface area contributed by atoms with Crippen LogP contribution in [0.3, 0.4) is 0 Å². The van der Waals surface area contributed by atoms with Crippen molar-refractivity contribution in [3.05, 3.63) is 63.2 Å². The lowest BCUT2D eigenvalue weighted by molar-refractivity contribution is -0.384. The molecule has 13 heteroatoms. The van der Waals surface area contributed by atoms with Crippen LogP contribution in [0.5, 0.6) is 5.75 Å². The topological polar surface area (TPSA) is 139 Å². The van der Waals surface area contributed by atoms with Crippen molar-refractivity contribution in [3.63, 3.8) is 0 Å². The minimum absolute atomic E-state index is 0.0202. The number of benzene rings is 2. The zero-order chi connectivity index (χ0) is 27.8. The molecule has 2 aromatic rings. The van der Waals surface area contributed by atoms with Crippen LogP contribution in [0.2, 0.25) is 5.02 Å². The number of amides is 2. The number of carbonyl (C=O) groups is 2. The van der Waals surface area contributed by atoms with Crippen molar-refractivity contribution >= 4 is 44.8 Å². The standard InChI is InChI=1S/C24H31ClN4O7S/c1-5-6-13-26-24(31)17(2)27(15-18-9-7-8-10-20(18)25)23(30)16-28(37(4,34)35)21-14-19(29(32)33)11-12-22(21)36-3/h7-12,14,17H,5-6,13,15-16H2,1-4H3,(H,26,31)/t17-/m1/s1. The van der Waals surface area contributed by atoms with E-state index < -0.39 is 39.3 Å². The van der Waals surface area contributed by atoms with Gasteiger partial charge in [0.1, 0.15) is 24.0 Å². The maximum atomic E-state index is 13.6. The molecule has 0 bridgehead atoms. The van der Waals surface area contributed by atoms with Crippen LogP contribution < -0.4 is 14.4 Å². The van der Waals surface area contributed by atoms with Crippen LogP contribution >= 0.6 is 11.6 Å². The lowest BCUT2D eigenvalue weighted by Gasteiger charge is -2.32. The van der Waals surface area contributed by atoms with E-state index in [9.17, 15) is 28.1 Å². The molecule has 2 amide bonds. The average molecular weight is 555 g/mol. The molecule has 202 valence electrons. The summed E-state index contributed by atoms with van der Waals surface area (Å²) in [5.41, 5.74) is 0.00310. The molecule has 0 aliphatic carbocycles. The highest BCUT2D eigenvalue weighted by atomic mass is 35.5. The van der Waals surface area contributed by atoms with Crippen molar-refractivity contribution in [1.82, 2.24) is 10.2 Å². The molecule has 0 aliphatic heterocycles. The van der Waals surface area contributed by atoms with Crippen LogP contribution in [0.4, 0.5) is 11.4 Å². The van der Waals surface area contributed by atoms with Crippen molar-refractivity contribution in [2.75, 3.05) is 30.8 Å². The van der Waals surface area contributed by atoms with Gasteiger partial charge in [-0.15, -0.1) is 0 Å². The largest absolute Gasteiger partial charge is 0.495 e. The van der Waals surface area contributed by atoms with Crippen molar-refractivity contribution in [2.24, 2.45) is 0 Å². The van der Waals surface area contributed by atoms with Gasteiger partial charge < -0.3 is 15.0 Å². The Morgan fingerprint density at radius 2 is 1.89 bits per heavy atom. The van der Waals surface area contributed by atoms with Crippen molar-refractivity contribution in [2.45, 2.75) is 39.3 Å². The normalized spacial score (nSPS) is 11.9. The molecule has 0 aliphatic rings. The lowest BCUT2D eigenvalue weighted by atomic mass is 10.1. The zero-order valence-corrected chi connectivity index (χ0v) is 22.7. The predicted octanol–water partition coefficient (Wildman–Crippen LogP) is 3.36. The molecule has 0 spiro atoms. The maximum Gasteiger partial charge on any atom is 0.271 e. The van der Waals surface area contributed by atoms with Gasteiger partial charge in [0.2, 0.25) is 21.8 Å². The van der Waals surface area contributed by atoms with Gasteiger partial charge in [0, 0.05) is 30.2 Å². The molecule has 0 saturated heterocycles. The Morgan fingerprint density at radius 1 is 1.22 bits per heavy atom. The van der Waals surface area contributed by atoms with Crippen LogP contribution in [0, 0.1) is 10.1 Å². The fourth-order valence-corrected chi connectivity index (χ4v) is 4.55. The van der Waals surface area contributed by atoms with Crippen LogP contribution in [0.25, 0.3) is 0 Å². The summed E-state index contributed by atoms with van der Waals surface area (Å²) in [5.74, 6) is -1.10. The highest BCUT2D eigenvalue weighted by molar-refractivity contribution is 7.92. The average Bonchev–Trinajstić information content (AvgIpc) is 2.85. The minimum Gasteiger partial charge on any atom is -0.495 e. The van der Waals surface area contributed by atoms with Crippen LogP contribution in [0.15, 0.2) is 42.5 Å². The molecule has 1 atom stereocenters. The molecule has 11 nitrogen and oxygen atoms in total. The lowest BCUT2D eigenvalue weighted by Crippen LogP contribution is -2.51. The van der Waals surface area contributed by atoms with Crippen molar-refractivity contribution < 1.29 is 27.7 Å². The van der Waals surface area contributed by atoms with E-state index in [0.717, 1.165) is 35.5 Å². The first-order valence-electron chi connectivity index (χ1n) is 11.5. The van der Waals surface area contributed by atoms with E-state index in [0.29, 0.717) is 17.1 Å². The first-order chi connectivity index (χ1) is 17.4. The Labute approximate surface area is 221 Å². The molecule has 0 fully saturated rings. The number of nitrogens with zero attached hydrogens (tertiary/aromatic N) is 3. The summed E-state index contributed by atoms with van der Waals surface area (Å²) >= 11 is 6.30. The van der Waals surface area contributed by atoms with E-state index in [1.807, 2.05) is 6.92 Å². The summed E-state index contributed by atoms with van der Waals surface area (Å²) in [6.45, 7) is 3.14. The van der Waals surface area contributed by atoms with Gasteiger partial charge in [0.15, 0.2) is 0 Å². The van der Waals surface area contributed by atoms with E-state index in [1.165, 1.54) is 25.0 Å². The fraction of sp³-hybridized carbons (Fsp3) is 0.417. The first-order valence-corrected chi connectivity index (χ1v) is 13.7. The van der Waals surface area contributed by atoms with E-state index >= 15 is 0 Å². The Morgan fingerprint density at radius 3 is 2.46 bits per heavy atom. The Balaban J connectivity index is 2.49. The number of nitrogens with one attached hydrogen (secondary N) is 1. The summed E-state index contributed by atoms with van der Waals surface area (Å²) in [5, 5.41) is 14.5. The number of nitro groups is 1. The number of hydrogen-bond donors (Lipinski definition) is 1.